The van der Waals surface area contributed by atoms with E-state index in [0.29, 0.717) is 5.76 Å². The molecular weight excluding hydrogens is 324 g/mol. The molecule has 3 rings (SSSR count). The van der Waals surface area contributed by atoms with Crippen LogP contribution in [0.5, 0.6) is 0 Å². The lowest BCUT2D eigenvalue weighted by atomic mass is 10.0. The maximum atomic E-state index is 11.3. The smallest absolute Gasteiger partial charge is 0.308 e. The Morgan fingerprint density at radius 3 is 2.79 bits per heavy atom. The van der Waals surface area contributed by atoms with E-state index in [1.54, 1.807) is 11.8 Å². The van der Waals surface area contributed by atoms with Crippen molar-refractivity contribution in [1.82, 2.24) is 0 Å². The average Bonchev–Trinajstić information content (AvgIpc) is 2.37. The van der Waals surface area contributed by atoms with Crippen molar-refractivity contribution in [2.45, 2.75) is 18.7 Å². The summed E-state index contributed by atoms with van der Waals surface area (Å²) in [4.78, 5) is 13.5. The van der Waals surface area contributed by atoms with Gasteiger partial charge in [0, 0.05) is 32.1 Å². The highest BCUT2D eigenvalue weighted by molar-refractivity contribution is 9.10. The van der Waals surface area contributed by atoms with Gasteiger partial charge < -0.3 is 4.74 Å². The average molecular weight is 335 g/mol. The zero-order valence-corrected chi connectivity index (χ0v) is 12.9. The number of benzene rings is 2. The van der Waals surface area contributed by atoms with Crippen LogP contribution in [0, 0.1) is 0 Å². The molecule has 2 nitrogen and oxygen atoms in total. The predicted molar refractivity (Wildman–Crippen MR) is 81.9 cm³/mol. The minimum atomic E-state index is -0.287. The maximum Gasteiger partial charge on any atom is 0.308 e. The lowest BCUT2D eigenvalue weighted by Crippen LogP contribution is -2.04. The lowest BCUT2D eigenvalue weighted by molar-refractivity contribution is -0.134. The monoisotopic (exact) mass is 334 g/mol. The van der Waals surface area contributed by atoms with Crippen LogP contribution < -0.4 is 0 Å². The van der Waals surface area contributed by atoms with Gasteiger partial charge in [-0.25, -0.2) is 0 Å². The van der Waals surface area contributed by atoms with Crippen LogP contribution in [0.3, 0.4) is 0 Å². The van der Waals surface area contributed by atoms with Gasteiger partial charge in [0.2, 0.25) is 0 Å². The quantitative estimate of drug-likeness (QED) is 0.689. The molecule has 0 atom stereocenters. The Morgan fingerprint density at radius 2 is 2.05 bits per heavy atom. The number of thioether (sulfide) groups is 1. The molecule has 0 radical (unpaired) electrons. The molecule has 4 heteroatoms. The molecule has 19 heavy (non-hydrogen) atoms. The summed E-state index contributed by atoms with van der Waals surface area (Å²) in [6, 6.07) is 10.2. The van der Waals surface area contributed by atoms with Crippen LogP contribution in [-0.2, 0) is 9.53 Å². The summed E-state index contributed by atoms with van der Waals surface area (Å²) in [5.41, 5.74) is 0.986. The number of esters is 1. The molecule has 0 N–H and O–H groups in total. The molecule has 1 heterocycles. The highest BCUT2D eigenvalue weighted by Gasteiger charge is 2.22. The maximum absolute atomic E-state index is 11.3. The molecule has 0 unspecified atom stereocenters. The summed E-state index contributed by atoms with van der Waals surface area (Å²) < 4.78 is 6.45. The predicted octanol–water partition coefficient (Wildman–Crippen LogP) is 4.96. The zero-order valence-electron chi connectivity index (χ0n) is 10.5. The van der Waals surface area contributed by atoms with Crippen LogP contribution in [0.2, 0.25) is 0 Å². The van der Waals surface area contributed by atoms with Crippen molar-refractivity contribution in [2.24, 2.45) is 0 Å². The Hall–Kier alpha value is -1.26. The first kappa shape index (κ1) is 12.8. The third kappa shape index (κ3) is 2.09. The number of carbonyl (C=O) groups is 1. The molecule has 1 aliphatic rings. The van der Waals surface area contributed by atoms with Crippen molar-refractivity contribution in [3.8, 4) is 0 Å². The molecule has 0 aliphatic carbocycles. The SMILES string of the molecule is CC(=O)OC1=C(C)Sc2ccc(Br)c3cccc1c23. The van der Waals surface area contributed by atoms with Gasteiger partial charge in [-0.1, -0.05) is 45.9 Å². The van der Waals surface area contributed by atoms with E-state index in [9.17, 15) is 4.79 Å². The Balaban J connectivity index is 2.33. The van der Waals surface area contributed by atoms with Gasteiger partial charge in [0.05, 0.1) is 0 Å². The number of carbonyl (C=O) groups excluding carboxylic acids is 1. The van der Waals surface area contributed by atoms with E-state index in [2.05, 4.69) is 34.1 Å². The zero-order chi connectivity index (χ0) is 13.6. The molecule has 0 spiro atoms. The summed E-state index contributed by atoms with van der Waals surface area (Å²) in [6.07, 6.45) is 0. The summed E-state index contributed by atoms with van der Waals surface area (Å²) in [6.45, 7) is 3.41. The van der Waals surface area contributed by atoms with Crippen molar-refractivity contribution in [3.63, 3.8) is 0 Å². The molecular formula is C15H11BrO2S. The molecule has 0 fully saturated rings. The van der Waals surface area contributed by atoms with Crippen molar-refractivity contribution in [2.75, 3.05) is 0 Å². The molecule has 0 aromatic heterocycles. The van der Waals surface area contributed by atoms with Gasteiger partial charge >= 0.3 is 5.97 Å². The molecule has 0 saturated carbocycles. The third-order valence-electron chi connectivity index (χ3n) is 3.02. The van der Waals surface area contributed by atoms with Crippen LogP contribution in [0.15, 0.2) is 44.6 Å². The van der Waals surface area contributed by atoms with Gasteiger partial charge in [-0.3, -0.25) is 4.79 Å². The third-order valence-corrected chi connectivity index (χ3v) is 4.77. The van der Waals surface area contributed by atoms with E-state index in [1.165, 1.54) is 11.8 Å². The van der Waals surface area contributed by atoms with E-state index >= 15 is 0 Å². The highest BCUT2D eigenvalue weighted by Crippen LogP contribution is 2.46. The molecule has 0 amide bonds. The number of allylic oxidation sites excluding steroid dienone is 1. The second-order valence-corrected chi connectivity index (χ2v) is 6.47. The minimum absolute atomic E-state index is 0.287. The van der Waals surface area contributed by atoms with Gasteiger partial charge in [0.1, 0.15) is 5.76 Å². The molecule has 2 aromatic carbocycles. The van der Waals surface area contributed by atoms with Crippen molar-refractivity contribution < 1.29 is 9.53 Å². The number of rotatable bonds is 1. The first-order valence-corrected chi connectivity index (χ1v) is 7.47. The van der Waals surface area contributed by atoms with Crippen LogP contribution in [0.25, 0.3) is 16.5 Å². The van der Waals surface area contributed by atoms with E-state index in [4.69, 9.17) is 4.74 Å². The fourth-order valence-electron chi connectivity index (χ4n) is 2.28. The number of halogens is 1. The fraction of sp³-hybridized carbons (Fsp3) is 0.133. The highest BCUT2D eigenvalue weighted by atomic mass is 79.9. The van der Waals surface area contributed by atoms with Gasteiger partial charge in [-0.05, 0) is 24.4 Å². The Kier molecular flexibility index (Phi) is 3.15. The Bertz CT molecular complexity index is 734. The first-order valence-electron chi connectivity index (χ1n) is 5.86. The fourth-order valence-corrected chi connectivity index (χ4v) is 3.78. The summed E-state index contributed by atoms with van der Waals surface area (Å²) in [5, 5.41) is 2.28. The molecule has 2 aromatic rings. The van der Waals surface area contributed by atoms with Crippen LogP contribution in [-0.4, -0.2) is 5.97 Å². The Labute approximate surface area is 124 Å². The van der Waals surface area contributed by atoms with Gasteiger partial charge in [-0.15, -0.1) is 0 Å². The summed E-state index contributed by atoms with van der Waals surface area (Å²) >= 11 is 5.22. The molecule has 96 valence electrons. The second kappa shape index (κ2) is 4.69. The van der Waals surface area contributed by atoms with E-state index in [-0.39, 0.29) is 5.97 Å². The second-order valence-electron chi connectivity index (χ2n) is 4.35. The number of ether oxygens (including phenoxy) is 1. The number of hydrogen-bond donors (Lipinski definition) is 0. The summed E-state index contributed by atoms with van der Waals surface area (Å²) in [7, 11) is 0. The van der Waals surface area contributed by atoms with Crippen LogP contribution in [0.4, 0.5) is 0 Å². The number of hydrogen-bond acceptors (Lipinski definition) is 3. The topological polar surface area (TPSA) is 26.3 Å². The van der Waals surface area contributed by atoms with Gasteiger partial charge in [0.15, 0.2) is 0 Å². The van der Waals surface area contributed by atoms with Crippen LogP contribution in [0.1, 0.15) is 19.4 Å². The molecule has 1 aliphatic heterocycles. The molecule has 0 saturated heterocycles. The lowest BCUT2D eigenvalue weighted by Gasteiger charge is -2.21. The largest absolute Gasteiger partial charge is 0.425 e. The minimum Gasteiger partial charge on any atom is -0.425 e. The standard InChI is InChI=1S/C15H11BrO2S/c1-8-15(18-9(2)17)11-5-3-4-10-12(16)6-7-13(19-8)14(10)11/h3-7H,1-2H3. The van der Waals surface area contributed by atoms with Gasteiger partial charge in [-0.2, -0.15) is 0 Å². The molecule has 0 bridgehead atoms. The van der Waals surface area contributed by atoms with Crippen LogP contribution >= 0.6 is 27.7 Å². The van der Waals surface area contributed by atoms with E-state index in [0.717, 1.165) is 25.7 Å². The van der Waals surface area contributed by atoms with Gasteiger partial charge in [0.25, 0.3) is 0 Å². The van der Waals surface area contributed by atoms with E-state index in [1.807, 2.05) is 19.1 Å². The van der Waals surface area contributed by atoms with Crippen molar-refractivity contribution in [1.29, 1.82) is 0 Å². The van der Waals surface area contributed by atoms with Crippen molar-refractivity contribution >= 4 is 50.2 Å². The summed E-state index contributed by atoms with van der Waals surface area (Å²) in [5.74, 6) is 0.388. The van der Waals surface area contributed by atoms with E-state index < -0.39 is 0 Å². The van der Waals surface area contributed by atoms with Crippen molar-refractivity contribution in [3.05, 3.63) is 45.3 Å². The Morgan fingerprint density at radius 1 is 1.26 bits per heavy atom. The first-order chi connectivity index (χ1) is 9.08. The normalized spacial score (nSPS) is 13.8.